The van der Waals surface area contributed by atoms with E-state index in [1.807, 2.05) is 0 Å². The summed E-state index contributed by atoms with van der Waals surface area (Å²) in [5, 5.41) is 21.8. The molecule has 9 nitrogen and oxygen atoms in total. The van der Waals surface area contributed by atoms with Crippen molar-refractivity contribution in [1.82, 2.24) is 9.97 Å². The molecule has 2 rings (SSSR count). The van der Waals surface area contributed by atoms with Crippen molar-refractivity contribution in [3.63, 3.8) is 0 Å². The molecule has 1 aromatic carbocycles. The van der Waals surface area contributed by atoms with E-state index in [0.29, 0.717) is 5.75 Å². The summed E-state index contributed by atoms with van der Waals surface area (Å²) in [6.45, 7) is 0. The number of aromatic nitrogens is 2. The summed E-state index contributed by atoms with van der Waals surface area (Å²) in [5.41, 5.74) is 5.50. The number of rotatable bonds is 4. The number of nitro benzene ring substituents is 1. The Kier molecular flexibility index (Phi) is 3.70. The molecular weight excluding hydrogens is 266 g/mol. The smallest absolute Gasteiger partial charge is 0.269 e. The van der Waals surface area contributed by atoms with Gasteiger partial charge in [-0.3, -0.25) is 10.1 Å². The molecule has 0 saturated carbocycles. The summed E-state index contributed by atoms with van der Waals surface area (Å²) >= 11 is 0. The molecule has 9 heteroatoms. The van der Waals surface area contributed by atoms with E-state index >= 15 is 0 Å². The van der Waals surface area contributed by atoms with Gasteiger partial charge in [0.25, 0.3) is 5.69 Å². The zero-order valence-corrected chi connectivity index (χ0v) is 10.0. The zero-order valence-electron chi connectivity index (χ0n) is 10.0. The van der Waals surface area contributed by atoms with Crippen LogP contribution < -0.4 is 10.5 Å². The van der Waals surface area contributed by atoms with Crippen LogP contribution in [0.15, 0.2) is 41.8 Å². The van der Waals surface area contributed by atoms with Gasteiger partial charge in [-0.1, -0.05) is 5.16 Å². The molecule has 3 N–H and O–H groups in total. The summed E-state index contributed by atoms with van der Waals surface area (Å²) in [6.07, 6.45) is 2.56. The highest BCUT2D eigenvalue weighted by Gasteiger charge is 2.07. The average Bonchev–Trinajstić information content (AvgIpc) is 2.48. The van der Waals surface area contributed by atoms with Crippen LogP contribution in [-0.4, -0.2) is 25.9 Å². The Bertz CT molecular complexity index is 639. The standard InChI is InChI=1S/C11H9N5O4/c12-11(15-17)9-5-14-10(6-13-9)20-8-3-1-7(2-4-8)16(18)19/h1-6,17H,(H2,12,15). The first-order valence-corrected chi connectivity index (χ1v) is 5.32. The van der Waals surface area contributed by atoms with E-state index in [1.54, 1.807) is 0 Å². The van der Waals surface area contributed by atoms with Crippen molar-refractivity contribution in [3.8, 4) is 11.6 Å². The maximum atomic E-state index is 10.5. The number of non-ortho nitro benzene ring substituents is 1. The minimum Gasteiger partial charge on any atom is -0.437 e. The Morgan fingerprint density at radius 1 is 1.30 bits per heavy atom. The summed E-state index contributed by atoms with van der Waals surface area (Å²) in [5.74, 6) is 0.383. The topological polar surface area (TPSA) is 137 Å². The fourth-order valence-corrected chi connectivity index (χ4v) is 1.31. The number of hydrogen-bond acceptors (Lipinski definition) is 7. The third kappa shape index (κ3) is 2.96. The van der Waals surface area contributed by atoms with Crippen LogP contribution in [0.2, 0.25) is 0 Å². The van der Waals surface area contributed by atoms with Crippen LogP contribution in [0.5, 0.6) is 11.6 Å². The van der Waals surface area contributed by atoms with Gasteiger partial charge >= 0.3 is 0 Å². The first kappa shape index (κ1) is 13.2. The normalized spacial score (nSPS) is 11.1. The predicted molar refractivity (Wildman–Crippen MR) is 67.7 cm³/mol. The molecule has 0 radical (unpaired) electrons. The Balaban J connectivity index is 2.12. The molecule has 0 bridgehead atoms. The quantitative estimate of drug-likeness (QED) is 0.282. The van der Waals surface area contributed by atoms with Gasteiger partial charge in [0, 0.05) is 12.1 Å². The van der Waals surface area contributed by atoms with Crippen LogP contribution in [0.1, 0.15) is 5.69 Å². The van der Waals surface area contributed by atoms with Crippen LogP contribution in [0.4, 0.5) is 5.69 Å². The van der Waals surface area contributed by atoms with Gasteiger partial charge in [0.15, 0.2) is 5.84 Å². The van der Waals surface area contributed by atoms with Gasteiger partial charge in [0.2, 0.25) is 5.88 Å². The summed E-state index contributed by atoms with van der Waals surface area (Å²) < 4.78 is 5.34. The van der Waals surface area contributed by atoms with Gasteiger partial charge in [0.1, 0.15) is 11.4 Å². The van der Waals surface area contributed by atoms with E-state index in [-0.39, 0.29) is 23.1 Å². The Hall–Kier alpha value is -3.23. The fourth-order valence-electron chi connectivity index (χ4n) is 1.31. The SMILES string of the molecule is NC(=NO)c1cnc(Oc2ccc([N+](=O)[O-])cc2)cn1. The highest BCUT2D eigenvalue weighted by atomic mass is 16.6. The van der Waals surface area contributed by atoms with E-state index in [0.717, 1.165) is 0 Å². The molecule has 102 valence electrons. The average molecular weight is 275 g/mol. The molecule has 2 aromatic rings. The molecule has 1 heterocycles. The molecule has 0 fully saturated rings. The molecule has 20 heavy (non-hydrogen) atoms. The summed E-state index contributed by atoms with van der Waals surface area (Å²) in [4.78, 5) is 17.8. The van der Waals surface area contributed by atoms with Crippen LogP contribution in [0.3, 0.4) is 0 Å². The maximum absolute atomic E-state index is 10.5. The molecule has 1 aromatic heterocycles. The third-order valence-electron chi connectivity index (χ3n) is 2.27. The van der Waals surface area contributed by atoms with E-state index in [4.69, 9.17) is 15.7 Å². The van der Waals surface area contributed by atoms with E-state index in [2.05, 4.69) is 15.1 Å². The van der Waals surface area contributed by atoms with E-state index < -0.39 is 4.92 Å². The van der Waals surface area contributed by atoms with Crippen LogP contribution in [0.25, 0.3) is 0 Å². The Morgan fingerprint density at radius 3 is 2.50 bits per heavy atom. The second-order valence-corrected chi connectivity index (χ2v) is 3.58. The Labute approximate surface area is 112 Å². The van der Waals surface area contributed by atoms with Gasteiger partial charge in [-0.05, 0) is 12.1 Å². The van der Waals surface area contributed by atoms with Gasteiger partial charge < -0.3 is 15.7 Å². The largest absolute Gasteiger partial charge is 0.437 e. The van der Waals surface area contributed by atoms with Crippen molar-refractivity contribution in [1.29, 1.82) is 0 Å². The molecule has 0 spiro atoms. The van der Waals surface area contributed by atoms with Crippen molar-refractivity contribution < 1.29 is 14.9 Å². The molecule has 0 atom stereocenters. The van der Waals surface area contributed by atoms with Crippen molar-refractivity contribution >= 4 is 11.5 Å². The fraction of sp³-hybridized carbons (Fsp3) is 0. The van der Waals surface area contributed by atoms with Crippen LogP contribution in [-0.2, 0) is 0 Å². The van der Waals surface area contributed by atoms with Crippen LogP contribution >= 0.6 is 0 Å². The number of amidine groups is 1. The van der Waals surface area contributed by atoms with Gasteiger partial charge in [-0.25, -0.2) is 9.97 Å². The first-order valence-electron chi connectivity index (χ1n) is 5.32. The van der Waals surface area contributed by atoms with Crippen LogP contribution in [0, 0.1) is 10.1 Å². The lowest BCUT2D eigenvalue weighted by Gasteiger charge is -2.04. The number of benzene rings is 1. The second kappa shape index (κ2) is 5.61. The number of oxime groups is 1. The number of hydrogen-bond donors (Lipinski definition) is 2. The molecular formula is C11H9N5O4. The van der Waals surface area contributed by atoms with Crippen molar-refractivity contribution in [3.05, 3.63) is 52.5 Å². The van der Waals surface area contributed by atoms with Crippen molar-refractivity contribution in [2.75, 3.05) is 0 Å². The minimum atomic E-state index is -0.505. The second-order valence-electron chi connectivity index (χ2n) is 3.58. The lowest BCUT2D eigenvalue weighted by atomic mass is 10.3. The third-order valence-corrected chi connectivity index (χ3v) is 2.27. The highest BCUT2D eigenvalue weighted by Crippen LogP contribution is 2.21. The monoisotopic (exact) mass is 275 g/mol. The predicted octanol–water partition coefficient (Wildman–Crippen LogP) is 1.27. The van der Waals surface area contributed by atoms with E-state index in [9.17, 15) is 10.1 Å². The molecule has 0 amide bonds. The van der Waals surface area contributed by atoms with E-state index in [1.165, 1.54) is 36.7 Å². The highest BCUT2D eigenvalue weighted by molar-refractivity contribution is 5.94. The number of nitrogens with two attached hydrogens (primary N) is 1. The first-order chi connectivity index (χ1) is 9.60. The number of nitro groups is 1. The maximum Gasteiger partial charge on any atom is 0.269 e. The summed E-state index contributed by atoms with van der Waals surface area (Å²) in [6, 6.07) is 5.51. The summed E-state index contributed by atoms with van der Waals surface area (Å²) in [7, 11) is 0. The Morgan fingerprint density at radius 2 is 2.00 bits per heavy atom. The lowest BCUT2D eigenvalue weighted by molar-refractivity contribution is -0.384. The van der Waals surface area contributed by atoms with Gasteiger partial charge in [-0.2, -0.15) is 0 Å². The van der Waals surface area contributed by atoms with Gasteiger partial charge in [-0.15, -0.1) is 0 Å². The molecule has 0 aliphatic rings. The number of ether oxygens (including phenoxy) is 1. The number of nitrogens with zero attached hydrogens (tertiary/aromatic N) is 4. The van der Waals surface area contributed by atoms with Crippen molar-refractivity contribution in [2.24, 2.45) is 10.9 Å². The lowest BCUT2D eigenvalue weighted by Crippen LogP contribution is -2.15. The zero-order chi connectivity index (χ0) is 14.5. The minimum absolute atomic E-state index is 0.0364. The molecule has 0 unspecified atom stereocenters. The molecule has 0 aliphatic heterocycles. The molecule has 0 saturated heterocycles. The van der Waals surface area contributed by atoms with Gasteiger partial charge in [0.05, 0.1) is 17.3 Å². The molecule has 0 aliphatic carbocycles. The van der Waals surface area contributed by atoms with Crippen molar-refractivity contribution in [2.45, 2.75) is 0 Å².